The number of aromatic nitrogens is 3. The highest BCUT2D eigenvalue weighted by molar-refractivity contribution is 6.32. The van der Waals surface area contributed by atoms with Crippen molar-refractivity contribution in [1.82, 2.24) is 15.2 Å². The summed E-state index contributed by atoms with van der Waals surface area (Å²) in [5.41, 5.74) is 1.06. The number of nitrogens with zero attached hydrogens (tertiary/aromatic N) is 3. The first-order chi connectivity index (χ1) is 12.4. The van der Waals surface area contributed by atoms with Crippen molar-refractivity contribution in [3.05, 3.63) is 64.5 Å². The molecule has 0 aliphatic rings. The van der Waals surface area contributed by atoms with E-state index in [1.54, 1.807) is 19.1 Å². The largest absolute Gasteiger partial charge is 0.247 e. The summed E-state index contributed by atoms with van der Waals surface area (Å²) >= 11 is 11.4. The molecule has 2 aromatic heterocycles. The van der Waals surface area contributed by atoms with Crippen LogP contribution in [0.4, 0.5) is 13.2 Å². The lowest BCUT2D eigenvalue weighted by atomic mass is 9.95. The normalized spacial score (nSPS) is 10.4. The fraction of sp³-hybridized carbons (Fsp3) is 0.0556. The summed E-state index contributed by atoms with van der Waals surface area (Å²) in [6.45, 7) is 1.61. The average molecular weight is 394 g/mol. The Bertz CT molecular complexity index is 1030. The summed E-state index contributed by atoms with van der Waals surface area (Å²) in [5, 5.41) is 9.60. The van der Waals surface area contributed by atoms with Gasteiger partial charge in [-0.05, 0) is 36.6 Å². The first-order valence-corrected chi connectivity index (χ1v) is 7.93. The van der Waals surface area contributed by atoms with Crippen molar-refractivity contribution in [3.8, 4) is 33.6 Å². The van der Waals surface area contributed by atoms with Crippen LogP contribution < -0.4 is 0 Å². The zero-order valence-electron chi connectivity index (χ0n) is 13.1. The van der Waals surface area contributed by atoms with E-state index in [-0.39, 0.29) is 10.7 Å². The van der Waals surface area contributed by atoms with Crippen molar-refractivity contribution in [2.45, 2.75) is 6.92 Å². The van der Waals surface area contributed by atoms with Gasteiger partial charge in [-0.15, -0.1) is 5.10 Å². The molecule has 0 aliphatic carbocycles. The number of hydrogen-bond donors (Lipinski definition) is 0. The van der Waals surface area contributed by atoms with Crippen molar-refractivity contribution < 1.29 is 13.2 Å². The quantitative estimate of drug-likeness (QED) is 0.566. The third kappa shape index (κ3) is 3.36. The third-order valence-corrected chi connectivity index (χ3v) is 3.95. The van der Waals surface area contributed by atoms with Crippen molar-refractivity contribution in [2.24, 2.45) is 0 Å². The Balaban J connectivity index is 2.31. The van der Waals surface area contributed by atoms with Gasteiger partial charge in [0.15, 0.2) is 5.15 Å². The molecule has 0 radical (unpaired) electrons. The summed E-state index contributed by atoms with van der Waals surface area (Å²) < 4.78 is 41.9. The Morgan fingerprint density at radius 2 is 1.65 bits per heavy atom. The Kier molecular flexibility index (Phi) is 5.12. The Labute approximate surface area is 156 Å². The second-order valence-corrected chi connectivity index (χ2v) is 5.77. The lowest BCUT2D eigenvalue weighted by Crippen LogP contribution is -2.01. The number of benzene rings is 1. The molecular formula is C18H8Cl2F3N3. The van der Waals surface area contributed by atoms with E-state index in [4.69, 9.17) is 23.2 Å². The van der Waals surface area contributed by atoms with Gasteiger partial charge in [-0.2, -0.15) is 5.10 Å². The smallest absolute Gasteiger partial charge is 0.160 e. The molecule has 26 heavy (non-hydrogen) atoms. The molecule has 0 spiro atoms. The molecule has 3 aromatic rings. The van der Waals surface area contributed by atoms with Crippen molar-refractivity contribution in [2.75, 3.05) is 0 Å². The zero-order chi connectivity index (χ0) is 18.8. The molecule has 0 N–H and O–H groups in total. The van der Waals surface area contributed by atoms with Crippen LogP contribution in [-0.2, 0) is 0 Å². The average Bonchev–Trinajstić information content (AvgIpc) is 2.58. The molecule has 3 rings (SSSR count). The molecule has 130 valence electrons. The highest BCUT2D eigenvalue weighted by Crippen LogP contribution is 2.40. The Morgan fingerprint density at radius 1 is 0.962 bits per heavy atom. The van der Waals surface area contributed by atoms with Crippen LogP contribution in [0.25, 0.3) is 22.3 Å². The fourth-order valence-electron chi connectivity index (χ4n) is 2.53. The summed E-state index contributed by atoms with van der Waals surface area (Å²) in [6.07, 6.45) is 1.44. The standard InChI is InChI=1S/C18H8Cl2F3N3/c1-9-15(10-2-3-12(4-5-19)24-8-10)17(18(20)26-25-9)16-13(22)6-11(21)7-14(16)23/h2-3,6-8H,1H3. The fourth-order valence-corrected chi connectivity index (χ4v) is 2.85. The molecular weight excluding hydrogens is 386 g/mol. The predicted molar refractivity (Wildman–Crippen MR) is 93.1 cm³/mol. The number of rotatable bonds is 2. The van der Waals surface area contributed by atoms with E-state index in [0.717, 1.165) is 0 Å². The van der Waals surface area contributed by atoms with E-state index in [2.05, 4.69) is 26.5 Å². The van der Waals surface area contributed by atoms with Crippen LogP contribution in [0, 0.1) is 35.7 Å². The van der Waals surface area contributed by atoms with E-state index in [1.807, 2.05) is 0 Å². The predicted octanol–water partition coefficient (Wildman–Crippen LogP) is 5.13. The van der Waals surface area contributed by atoms with Gasteiger partial charge in [-0.25, -0.2) is 18.2 Å². The van der Waals surface area contributed by atoms with E-state index >= 15 is 0 Å². The molecule has 0 amide bonds. The summed E-state index contributed by atoms with van der Waals surface area (Å²) in [4.78, 5) is 4.11. The van der Waals surface area contributed by atoms with Gasteiger partial charge in [0.05, 0.1) is 11.3 Å². The molecule has 0 saturated heterocycles. The molecule has 0 unspecified atom stereocenters. The summed E-state index contributed by atoms with van der Waals surface area (Å²) in [7, 11) is 0. The maximum absolute atomic E-state index is 14.3. The van der Waals surface area contributed by atoms with Gasteiger partial charge < -0.3 is 0 Å². The van der Waals surface area contributed by atoms with Gasteiger partial charge in [0.1, 0.15) is 23.1 Å². The summed E-state index contributed by atoms with van der Waals surface area (Å²) in [6, 6.07) is 4.36. The summed E-state index contributed by atoms with van der Waals surface area (Å²) in [5.74, 6) is -0.667. The van der Waals surface area contributed by atoms with Gasteiger partial charge in [0, 0.05) is 40.4 Å². The lowest BCUT2D eigenvalue weighted by Gasteiger charge is -2.14. The Hall–Kier alpha value is -2.62. The molecule has 8 heteroatoms. The van der Waals surface area contributed by atoms with Crippen LogP contribution in [0.15, 0.2) is 30.5 Å². The highest BCUT2D eigenvalue weighted by atomic mass is 35.5. The Morgan fingerprint density at radius 3 is 2.23 bits per heavy atom. The molecule has 2 heterocycles. The number of halogens is 5. The van der Waals surface area contributed by atoms with Gasteiger partial charge in [-0.1, -0.05) is 11.6 Å². The second-order valence-electron chi connectivity index (χ2n) is 5.22. The number of hydrogen-bond acceptors (Lipinski definition) is 3. The topological polar surface area (TPSA) is 38.7 Å². The van der Waals surface area contributed by atoms with Crippen LogP contribution >= 0.6 is 23.2 Å². The maximum atomic E-state index is 14.3. The van der Waals surface area contributed by atoms with Crippen LogP contribution in [0.5, 0.6) is 0 Å². The first kappa shape index (κ1) is 18.2. The maximum Gasteiger partial charge on any atom is 0.160 e. The van der Waals surface area contributed by atoms with Crippen LogP contribution in [0.2, 0.25) is 5.15 Å². The van der Waals surface area contributed by atoms with E-state index in [9.17, 15) is 13.2 Å². The highest BCUT2D eigenvalue weighted by Gasteiger charge is 2.23. The molecule has 0 fully saturated rings. The van der Waals surface area contributed by atoms with Crippen molar-refractivity contribution in [1.29, 1.82) is 0 Å². The second kappa shape index (κ2) is 7.32. The van der Waals surface area contributed by atoms with Gasteiger partial charge >= 0.3 is 0 Å². The molecule has 0 aliphatic heterocycles. The minimum atomic E-state index is -1.10. The SMILES string of the molecule is Cc1nnc(Cl)c(-c2c(F)cc(F)cc2F)c1-c1ccc(C#CCl)nc1. The van der Waals surface area contributed by atoms with E-state index in [1.165, 1.54) is 6.20 Å². The van der Waals surface area contributed by atoms with Crippen molar-refractivity contribution >= 4 is 23.2 Å². The monoisotopic (exact) mass is 393 g/mol. The first-order valence-electron chi connectivity index (χ1n) is 7.18. The van der Waals surface area contributed by atoms with E-state index in [0.29, 0.717) is 34.6 Å². The molecule has 1 aromatic carbocycles. The minimum Gasteiger partial charge on any atom is -0.247 e. The minimum absolute atomic E-state index is 0.0351. The van der Waals surface area contributed by atoms with Crippen molar-refractivity contribution in [3.63, 3.8) is 0 Å². The number of pyridine rings is 1. The number of aryl methyl sites for hydroxylation is 1. The lowest BCUT2D eigenvalue weighted by molar-refractivity contribution is 0.548. The van der Waals surface area contributed by atoms with Crippen LogP contribution in [0.3, 0.4) is 0 Å². The van der Waals surface area contributed by atoms with Crippen LogP contribution in [-0.4, -0.2) is 15.2 Å². The molecule has 0 bridgehead atoms. The molecule has 0 saturated carbocycles. The zero-order valence-corrected chi connectivity index (χ0v) is 14.6. The molecule has 3 nitrogen and oxygen atoms in total. The van der Waals surface area contributed by atoms with Gasteiger partial charge in [0.2, 0.25) is 0 Å². The van der Waals surface area contributed by atoms with Gasteiger partial charge in [0.25, 0.3) is 0 Å². The van der Waals surface area contributed by atoms with Gasteiger partial charge in [-0.3, -0.25) is 0 Å². The molecule has 0 atom stereocenters. The van der Waals surface area contributed by atoms with Crippen LogP contribution in [0.1, 0.15) is 11.4 Å². The third-order valence-electron chi connectivity index (χ3n) is 3.59. The van der Waals surface area contributed by atoms with E-state index < -0.39 is 23.0 Å².